The molecule has 32 heavy (non-hydrogen) atoms. The lowest BCUT2D eigenvalue weighted by Crippen LogP contribution is -2.28. The lowest BCUT2D eigenvalue weighted by atomic mass is 10.1. The van der Waals surface area contributed by atoms with Gasteiger partial charge in [-0.1, -0.05) is 65.3 Å². The second kappa shape index (κ2) is 9.79. The Morgan fingerprint density at radius 2 is 1.84 bits per heavy atom. The molecule has 5 nitrogen and oxygen atoms in total. The minimum Gasteiger partial charge on any atom is -0.493 e. The predicted molar refractivity (Wildman–Crippen MR) is 132 cm³/mol. The molecule has 2 amide bonds. The van der Waals surface area contributed by atoms with Crippen molar-refractivity contribution in [2.45, 2.75) is 20.0 Å². The molecule has 164 valence electrons. The van der Waals surface area contributed by atoms with Crippen molar-refractivity contribution in [3.63, 3.8) is 0 Å². The summed E-state index contributed by atoms with van der Waals surface area (Å²) < 4.78 is 12.4. The van der Waals surface area contributed by atoms with E-state index in [4.69, 9.17) is 9.47 Å². The van der Waals surface area contributed by atoms with E-state index >= 15 is 0 Å². The molecule has 1 saturated heterocycles. The van der Waals surface area contributed by atoms with Crippen LogP contribution in [0.4, 0.5) is 4.79 Å². The second-order valence-electron chi connectivity index (χ2n) is 7.28. The fourth-order valence-corrected chi connectivity index (χ4v) is 4.86. The van der Waals surface area contributed by atoms with E-state index in [1.807, 2.05) is 37.3 Å². The lowest BCUT2D eigenvalue weighted by molar-refractivity contribution is -0.122. The monoisotopic (exact) mass is 511 g/mol. The zero-order valence-corrected chi connectivity index (χ0v) is 20.2. The van der Waals surface area contributed by atoms with Crippen molar-refractivity contribution in [3.05, 3.63) is 75.1 Å². The van der Waals surface area contributed by atoms with E-state index in [2.05, 4.69) is 34.1 Å². The van der Waals surface area contributed by atoms with Gasteiger partial charge < -0.3 is 9.47 Å². The van der Waals surface area contributed by atoms with Gasteiger partial charge in [0, 0.05) is 11.0 Å². The van der Waals surface area contributed by atoms with Gasteiger partial charge in [-0.2, -0.15) is 0 Å². The number of methoxy groups -OCH3 is 1. The first-order chi connectivity index (χ1) is 15.5. The Morgan fingerprint density at radius 3 is 2.62 bits per heavy atom. The van der Waals surface area contributed by atoms with Crippen LogP contribution in [0.5, 0.6) is 11.5 Å². The second-order valence-corrected chi connectivity index (χ2v) is 9.13. The third-order valence-corrected chi connectivity index (χ3v) is 6.75. The minimum absolute atomic E-state index is 0.235. The molecule has 3 aromatic rings. The van der Waals surface area contributed by atoms with Gasteiger partial charge in [0.2, 0.25) is 0 Å². The molecular weight excluding hydrogens is 490 g/mol. The van der Waals surface area contributed by atoms with Crippen LogP contribution in [0, 0.1) is 0 Å². The SMILES string of the molecule is CCCN1C(=O)S/C(=C/c2cc(OC)c(OCc3cccc4ccccc34)cc2Br)C1=O. The van der Waals surface area contributed by atoms with E-state index < -0.39 is 0 Å². The van der Waals surface area contributed by atoms with E-state index in [0.29, 0.717) is 29.6 Å². The van der Waals surface area contributed by atoms with Crippen LogP contribution in [0.1, 0.15) is 24.5 Å². The molecular formula is C25H22BrNO4S. The number of carbonyl (C=O) groups excluding carboxylic acids is 2. The summed E-state index contributed by atoms with van der Waals surface area (Å²) in [5.74, 6) is 0.875. The third-order valence-electron chi connectivity index (χ3n) is 5.15. The summed E-state index contributed by atoms with van der Waals surface area (Å²) >= 11 is 4.52. The standard InChI is InChI=1S/C25H22BrNO4S/c1-3-11-27-24(28)23(32-25(27)29)13-18-12-21(30-2)22(14-20(18)26)31-15-17-9-6-8-16-7-4-5-10-19(16)17/h4-10,12-14H,3,11,15H2,1-2H3/b23-13+. The molecule has 0 atom stereocenters. The van der Waals surface area contributed by atoms with E-state index in [1.54, 1.807) is 19.3 Å². The van der Waals surface area contributed by atoms with E-state index in [0.717, 1.165) is 44.6 Å². The topological polar surface area (TPSA) is 55.8 Å². The smallest absolute Gasteiger partial charge is 0.293 e. The van der Waals surface area contributed by atoms with Crippen LogP contribution in [0.2, 0.25) is 0 Å². The molecule has 0 saturated carbocycles. The number of nitrogens with zero attached hydrogens (tertiary/aromatic N) is 1. The van der Waals surface area contributed by atoms with Gasteiger partial charge in [0.25, 0.3) is 11.1 Å². The minimum atomic E-state index is -0.260. The number of thioether (sulfide) groups is 1. The first-order valence-electron chi connectivity index (χ1n) is 10.2. The van der Waals surface area contributed by atoms with Gasteiger partial charge in [-0.05, 0) is 58.3 Å². The van der Waals surface area contributed by atoms with Crippen molar-refractivity contribution < 1.29 is 19.1 Å². The molecule has 0 aliphatic carbocycles. The third kappa shape index (κ3) is 4.54. The molecule has 0 spiro atoms. The Labute approximate surface area is 199 Å². The molecule has 1 aliphatic heterocycles. The van der Waals surface area contributed by atoms with Gasteiger partial charge >= 0.3 is 0 Å². The van der Waals surface area contributed by atoms with Crippen LogP contribution in [0.3, 0.4) is 0 Å². The van der Waals surface area contributed by atoms with Gasteiger partial charge in [-0.3, -0.25) is 14.5 Å². The number of amides is 2. The number of hydrogen-bond acceptors (Lipinski definition) is 5. The number of carbonyl (C=O) groups is 2. The van der Waals surface area contributed by atoms with Crippen molar-refractivity contribution in [3.8, 4) is 11.5 Å². The van der Waals surface area contributed by atoms with Gasteiger partial charge in [-0.15, -0.1) is 0 Å². The Kier molecular flexibility index (Phi) is 6.86. The Bertz CT molecular complexity index is 1220. The molecule has 0 N–H and O–H groups in total. The molecule has 0 unspecified atom stereocenters. The maximum absolute atomic E-state index is 12.6. The van der Waals surface area contributed by atoms with Crippen LogP contribution < -0.4 is 9.47 Å². The molecule has 0 aromatic heterocycles. The van der Waals surface area contributed by atoms with Gasteiger partial charge in [0.15, 0.2) is 11.5 Å². The maximum Gasteiger partial charge on any atom is 0.293 e. The molecule has 1 aliphatic rings. The Morgan fingerprint density at radius 1 is 1.06 bits per heavy atom. The number of imide groups is 1. The summed E-state index contributed by atoms with van der Waals surface area (Å²) in [5.41, 5.74) is 1.82. The lowest BCUT2D eigenvalue weighted by Gasteiger charge is -2.14. The van der Waals surface area contributed by atoms with Crippen molar-refractivity contribution in [1.29, 1.82) is 0 Å². The average Bonchev–Trinajstić information content (AvgIpc) is 3.06. The van der Waals surface area contributed by atoms with Crippen molar-refractivity contribution in [2.24, 2.45) is 0 Å². The fourth-order valence-electron chi connectivity index (χ4n) is 3.57. The number of benzene rings is 3. The zero-order chi connectivity index (χ0) is 22.7. The normalized spacial score (nSPS) is 15.1. The summed E-state index contributed by atoms with van der Waals surface area (Å²) in [6.45, 7) is 2.75. The maximum atomic E-state index is 12.6. The summed E-state index contributed by atoms with van der Waals surface area (Å²) in [5, 5.41) is 2.07. The highest BCUT2D eigenvalue weighted by atomic mass is 79.9. The van der Waals surface area contributed by atoms with Crippen molar-refractivity contribution >= 4 is 55.7 Å². The van der Waals surface area contributed by atoms with Crippen LogP contribution in [0.15, 0.2) is 64.0 Å². The Balaban J connectivity index is 1.59. The zero-order valence-electron chi connectivity index (χ0n) is 17.8. The van der Waals surface area contributed by atoms with Gasteiger partial charge in [0.1, 0.15) is 6.61 Å². The average molecular weight is 512 g/mol. The molecule has 1 fully saturated rings. The number of ether oxygens (including phenoxy) is 2. The molecule has 0 bridgehead atoms. The number of hydrogen-bond donors (Lipinski definition) is 0. The van der Waals surface area contributed by atoms with E-state index in [1.165, 1.54) is 4.90 Å². The number of fused-ring (bicyclic) bond motifs is 1. The molecule has 4 rings (SSSR count). The van der Waals surface area contributed by atoms with E-state index in [-0.39, 0.29) is 11.1 Å². The highest BCUT2D eigenvalue weighted by Gasteiger charge is 2.34. The molecule has 0 radical (unpaired) electrons. The fraction of sp³-hybridized carbons (Fsp3) is 0.200. The van der Waals surface area contributed by atoms with Crippen LogP contribution in [0.25, 0.3) is 16.8 Å². The highest BCUT2D eigenvalue weighted by molar-refractivity contribution is 9.10. The van der Waals surface area contributed by atoms with Crippen molar-refractivity contribution in [1.82, 2.24) is 4.90 Å². The van der Waals surface area contributed by atoms with E-state index in [9.17, 15) is 9.59 Å². The number of rotatable bonds is 7. The largest absolute Gasteiger partial charge is 0.493 e. The molecule has 3 aromatic carbocycles. The number of halogens is 1. The quantitative estimate of drug-likeness (QED) is 0.333. The summed E-state index contributed by atoms with van der Waals surface area (Å²) in [7, 11) is 1.58. The summed E-state index contributed by atoms with van der Waals surface area (Å²) in [6, 6.07) is 18.0. The van der Waals surface area contributed by atoms with Gasteiger partial charge in [-0.25, -0.2) is 0 Å². The first kappa shape index (κ1) is 22.4. The molecule has 1 heterocycles. The van der Waals surface area contributed by atoms with Gasteiger partial charge in [0.05, 0.1) is 12.0 Å². The van der Waals surface area contributed by atoms with Crippen molar-refractivity contribution in [2.75, 3.05) is 13.7 Å². The molecule has 7 heteroatoms. The van der Waals surface area contributed by atoms with Crippen LogP contribution in [-0.4, -0.2) is 29.7 Å². The first-order valence-corrected chi connectivity index (χ1v) is 11.8. The predicted octanol–water partition coefficient (Wildman–Crippen LogP) is 6.64. The van der Waals surface area contributed by atoms with Crippen LogP contribution in [-0.2, 0) is 11.4 Å². The summed E-state index contributed by atoms with van der Waals surface area (Å²) in [4.78, 5) is 26.4. The highest BCUT2D eigenvalue weighted by Crippen LogP contribution is 2.38. The Hall–Kier alpha value is -2.77. The van der Waals surface area contributed by atoms with Crippen LogP contribution >= 0.6 is 27.7 Å². The summed E-state index contributed by atoms with van der Waals surface area (Å²) in [6.07, 6.45) is 2.44.